The van der Waals surface area contributed by atoms with Crippen LogP contribution in [0.1, 0.15) is 17.5 Å². The van der Waals surface area contributed by atoms with Crippen LogP contribution in [0, 0.1) is 13.8 Å². The van der Waals surface area contributed by atoms with Crippen LogP contribution < -0.4 is 0 Å². The van der Waals surface area contributed by atoms with Crippen molar-refractivity contribution in [3.8, 4) is 0 Å². The first kappa shape index (κ1) is 15.6. The van der Waals surface area contributed by atoms with Gasteiger partial charge >= 0.3 is 0 Å². The van der Waals surface area contributed by atoms with Gasteiger partial charge in [0.1, 0.15) is 18.1 Å². The molecule has 0 spiro atoms. The number of ether oxygens (including phenoxy) is 1. The number of rotatable bonds is 3. The van der Waals surface area contributed by atoms with Gasteiger partial charge in [-0.15, -0.1) is 0 Å². The van der Waals surface area contributed by atoms with Gasteiger partial charge in [-0.3, -0.25) is 0 Å². The topological polar surface area (TPSA) is 129 Å². The molecule has 3 rings (SSSR count). The summed E-state index contributed by atoms with van der Waals surface area (Å²) in [6.07, 6.45) is -2.01. The van der Waals surface area contributed by atoms with Crippen molar-refractivity contribution < 1.29 is 19.3 Å². The molecular formula is C13H15FN6O3. The van der Waals surface area contributed by atoms with Crippen molar-refractivity contribution in [2.24, 2.45) is 5.11 Å². The molecule has 4 unspecified atom stereocenters. The van der Waals surface area contributed by atoms with Crippen LogP contribution in [-0.4, -0.2) is 49.4 Å². The molecule has 1 fully saturated rings. The smallest absolute Gasteiger partial charge is 0.201 e. The molecule has 0 bridgehead atoms. The summed E-state index contributed by atoms with van der Waals surface area (Å²) in [7, 11) is 0. The summed E-state index contributed by atoms with van der Waals surface area (Å²) in [4.78, 5) is 10.8. The SMILES string of the molecule is Cc1cn(C2OC(CO)(N=[N+]=[N-])C(O)C2F)c2ncnc(C)c12. The Balaban J connectivity index is 2.13. The Morgan fingerprint density at radius 1 is 1.52 bits per heavy atom. The van der Waals surface area contributed by atoms with Gasteiger partial charge in [0.25, 0.3) is 0 Å². The molecule has 4 atom stereocenters. The molecule has 1 saturated heterocycles. The number of alkyl halides is 1. The maximum absolute atomic E-state index is 14.6. The van der Waals surface area contributed by atoms with E-state index in [2.05, 4.69) is 20.0 Å². The van der Waals surface area contributed by atoms with Crippen molar-refractivity contribution in [1.82, 2.24) is 14.5 Å². The molecule has 2 N–H and O–H groups in total. The minimum absolute atomic E-state index is 0.435. The van der Waals surface area contributed by atoms with E-state index >= 15 is 0 Å². The molecule has 1 aliphatic rings. The number of hydrogen-bond donors (Lipinski definition) is 2. The van der Waals surface area contributed by atoms with Crippen molar-refractivity contribution in [2.45, 2.75) is 38.1 Å². The van der Waals surface area contributed by atoms with Gasteiger partial charge in [-0.1, -0.05) is 5.11 Å². The lowest BCUT2D eigenvalue weighted by molar-refractivity contribution is -0.122. The average Bonchev–Trinajstić information content (AvgIpc) is 2.99. The quantitative estimate of drug-likeness (QED) is 0.499. The Hall–Kier alpha value is -2.26. The van der Waals surface area contributed by atoms with E-state index in [1.165, 1.54) is 10.9 Å². The summed E-state index contributed by atoms with van der Waals surface area (Å²) < 4.78 is 21.4. The van der Waals surface area contributed by atoms with Gasteiger partial charge in [0.15, 0.2) is 12.4 Å². The molecule has 23 heavy (non-hydrogen) atoms. The highest BCUT2D eigenvalue weighted by Gasteiger charge is 2.56. The molecule has 9 nitrogen and oxygen atoms in total. The molecule has 1 aliphatic heterocycles. The second-order valence-electron chi connectivity index (χ2n) is 5.47. The number of halogens is 1. The third-order valence-corrected chi connectivity index (χ3v) is 4.06. The van der Waals surface area contributed by atoms with Crippen LogP contribution in [0.2, 0.25) is 0 Å². The van der Waals surface area contributed by atoms with Gasteiger partial charge in [-0.25, -0.2) is 14.4 Å². The number of aryl methyl sites for hydroxylation is 2. The second kappa shape index (κ2) is 5.43. The number of aliphatic hydroxyl groups excluding tert-OH is 2. The fraction of sp³-hybridized carbons (Fsp3) is 0.538. The first-order chi connectivity index (χ1) is 10.9. The zero-order valence-corrected chi connectivity index (χ0v) is 12.5. The molecule has 0 aliphatic carbocycles. The summed E-state index contributed by atoms with van der Waals surface area (Å²) in [6.45, 7) is 2.78. The average molecular weight is 322 g/mol. The molecule has 0 radical (unpaired) electrons. The van der Waals surface area contributed by atoms with E-state index in [1.54, 1.807) is 13.1 Å². The molecule has 3 heterocycles. The first-order valence-electron chi connectivity index (χ1n) is 6.91. The summed E-state index contributed by atoms with van der Waals surface area (Å²) >= 11 is 0. The molecule has 10 heteroatoms. The Morgan fingerprint density at radius 2 is 2.26 bits per heavy atom. The number of nitrogens with zero attached hydrogens (tertiary/aromatic N) is 6. The molecule has 0 saturated carbocycles. The molecule has 2 aromatic rings. The fourth-order valence-corrected chi connectivity index (χ4v) is 2.93. The normalized spacial score (nSPS) is 30.6. The van der Waals surface area contributed by atoms with Crippen molar-refractivity contribution in [2.75, 3.05) is 6.61 Å². The third kappa shape index (κ3) is 2.15. The first-order valence-corrected chi connectivity index (χ1v) is 6.91. The molecule has 122 valence electrons. The predicted molar refractivity (Wildman–Crippen MR) is 77.0 cm³/mol. The zero-order valence-electron chi connectivity index (χ0n) is 12.5. The van der Waals surface area contributed by atoms with E-state index in [0.29, 0.717) is 5.65 Å². The summed E-state index contributed by atoms with van der Waals surface area (Å²) in [5, 5.41) is 23.5. The van der Waals surface area contributed by atoms with Crippen LogP contribution in [0.5, 0.6) is 0 Å². The lowest BCUT2D eigenvalue weighted by Gasteiger charge is -2.23. The summed E-state index contributed by atoms with van der Waals surface area (Å²) in [5.41, 5.74) is 8.51. The van der Waals surface area contributed by atoms with Gasteiger partial charge in [-0.05, 0) is 24.9 Å². The number of fused-ring (bicyclic) bond motifs is 1. The Kier molecular flexibility index (Phi) is 3.69. The molecule has 0 amide bonds. The fourth-order valence-electron chi connectivity index (χ4n) is 2.93. The maximum Gasteiger partial charge on any atom is 0.201 e. The molecule has 2 aromatic heterocycles. The number of aromatic nitrogens is 3. The highest BCUT2D eigenvalue weighted by molar-refractivity contribution is 5.82. The molecule has 0 aromatic carbocycles. The van der Waals surface area contributed by atoms with Crippen molar-refractivity contribution in [1.29, 1.82) is 0 Å². The zero-order chi connectivity index (χ0) is 16.8. The van der Waals surface area contributed by atoms with Crippen LogP contribution in [-0.2, 0) is 4.74 Å². The van der Waals surface area contributed by atoms with Crippen LogP contribution in [0.25, 0.3) is 21.5 Å². The van der Waals surface area contributed by atoms with E-state index < -0.39 is 30.8 Å². The van der Waals surface area contributed by atoms with Crippen molar-refractivity contribution >= 4 is 11.0 Å². The van der Waals surface area contributed by atoms with E-state index in [4.69, 9.17) is 10.3 Å². The Morgan fingerprint density at radius 3 is 2.91 bits per heavy atom. The van der Waals surface area contributed by atoms with Gasteiger partial charge in [0.2, 0.25) is 5.72 Å². The van der Waals surface area contributed by atoms with Crippen LogP contribution in [0.15, 0.2) is 17.6 Å². The van der Waals surface area contributed by atoms with E-state index in [-0.39, 0.29) is 0 Å². The van der Waals surface area contributed by atoms with Gasteiger partial charge in [0, 0.05) is 16.5 Å². The van der Waals surface area contributed by atoms with Gasteiger partial charge < -0.3 is 19.5 Å². The maximum atomic E-state index is 14.6. The van der Waals surface area contributed by atoms with E-state index in [0.717, 1.165) is 16.6 Å². The minimum Gasteiger partial charge on any atom is -0.393 e. The number of hydrogen-bond acceptors (Lipinski definition) is 6. The number of aliphatic hydroxyl groups is 2. The highest BCUT2D eigenvalue weighted by Crippen LogP contribution is 2.41. The van der Waals surface area contributed by atoms with E-state index in [9.17, 15) is 14.6 Å². The largest absolute Gasteiger partial charge is 0.393 e. The van der Waals surface area contributed by atoms with Gasteiger partial charge in [0.05, 0.1) is 12.3 Å². The Labute approximate surface area is 130 Å². The lowest BCUT2D eigenvalue weighted by atomic mass is 10.1. The van der Waals surface area contributed by atoms with Crippen LogP contribution in [0.3, 0.4) is 0 Å². The predicted octanol–water partition coefficient (Wildman–Crippen LogP) is 1.27. The molecular weight excluding hydrogens is 307 g/mol. The minimum atomic E-state index is -2.06. The monoisotopic (exact) mass is 322 g/mol. The summed E-state index contributed by atoms with van der Waals surface area (Å²) in [6, 6.07) is 0. The number of azide groups is 1. The van der Waals surface area contributed by atoms with Gasteiger partial charge in [-0.2, -0.15) is 0 Å². The Bertz CT molecular complexity index is 804. The third-order valence-electron chi connectivity index (χ3n) is 4.06. The van der Waals surface area contributed by atoms with Crippen molar-refractivity contribution in [3.05, 3.63) is 34.2 Å². The highest BCUT2D eigenvalue weighted by atomic mass is 19.1. The van der Waals surface area contributed by atoms with Crippen LogP contribution in [0.4, 0.5) is 4.39 Å². The standard InChI is InChI=1S/C13H15FN6O3/c1-6-3-20(11-8(6)7(2)16-5-17-11)12-9(14)10(22)13(4-21,23-12)18-19-15/h3,5,9-10,12,21-22H,4H2,1-2H3. The van der Waals surface area contributed by atoms with E-state index in [1.807, 2.05) is 6.92 Å². The second-order valence-corrected chi connectivity index (χ2v) is 5.47. The lowest BCUT2D eigenvalue weighted by Crippen LogP contribution is -2.43. The summed E-state index contributed by atoms with van der Waals surface area (Å²) in [5.74, 6) is 0. The van der Waals surface area contributed by atoms with Crippen LogP contribution >= 0.6 is 0 Å². The van der Waals surface area contributed by atoms with Crippen molar-refractivity contribution in [3.63, 3.8) is 0 Å².